The van der Waals surface area contributed by atoms with Crippen LogP contribution in [0.25, 0.3) is 21.5 Å². The summed E-state index contributed by atoms with van der Waals surface area (Å²) in [7, 11) is 2.06. The molecular weight excluding hydrogens is 270 g/mol. The predicted octanol–water partition coefficient (Wildman–Crippen LogP) is 2.08. The highest BCUT2D eigenvalue weighted by atomic mass is 32.1. The molecule has 0 saturated carbocycles. The van der Waals surface area contributed by atoms with Crippen molar-refractivity contribution in [2.45, 2.75) is 6.54 Å². The van der Waals surface area contributed by atoms with Gasteiger partial charge in [0.15, 0.2) is 0 Å². The molecule has 0 amide bonds. The zero-order valence-corrected chi connectivity index (χ0v) is 12.2. The predicted molar refractivity (Wildman–Crippen MR) is 82.6 cm³/mol. The van der Waals surface area contributed by atoms with Crippen molar-refractivity contribution in [2.24, 2.45) is 5.73 Å². The number of aromatic nitrogens is 3. The summed E-state index contributed by atoms with van der Waals surface area (Å²) >= 11 is 1.65. The van der Waals surface area contributed by atoms with Crippen LogP contribution in [-0.4, -0.2) is 40.2 Å². The Bertz CT molecular complexity index is 702. The summed E-state index contributed by atoms with van der Waals surface area (Å²) in [4.78, 5) is 6.55. The van der Waals surface area contributed by atoms with Gasteiger partial charge in [0.05, 0.1) is 21.4 Å². The van der Waals surface area contributed by atoms with Crippen molar-refractivity contribution in [3.63, 3.8) is 0 Å². The van der Waals surface area contributed by atoms with Crippen LogP contribution in [0.4, 0.5) is 0 Å². The summed E-state index contributed by atoms with van der Waals surface area (Å²) in [6, 6.07) is 6.29. The molecule has 20 heavy (non-hydrogen) atoms. The second-order valence-corrected chi connectivity index (χ2v) is 5.71. The number of nitrogens with two attached hydrogens (primary N) is 1. The van der Waals surface area contributed by atoms with Crippen molar-refractivity contribution >= 4 is 21.6 Å². The highest BCUT2D eigenvalue weighted by molar-refractivity contribution is 7.16. The molecule has 6 heteroatoms. The first-order valence-corrected chi connectivity index (χ1v) is 7.41. The van der Waals surface area contributed by atoms with Crippen molar-refractivity contribution in [3.8, 4) is 11.3 Å². The fourth-order valence-electron chi connectivity index (χ4n) is 2.28. The lowest BCUT2D eigenvalue weighted by Crippen LogP contribution is -2.25. The molecule has 3 rings (SSSR count). The highest BCUT2D eigenvalue weighted by Crippen LogP contribution is 2.27. The molecule has 0 radical (unpaired) electrons. The molecule has 0 bridgehead atoms. The second kappa shape index (κ2) is 5.70. The number of hydrogen-bond donors (Lipinski definition) is 2. The summed E-state index contributed by atoms with van der Waals surface area (Å²) in [5.74, 6) is 0. The van der Waals surface area contributed by atoms with E-state index in [2.05, 4.69) is 45.3 Å². The van der Waals surface area contributed by atoms with E-state index in [0.717, 1.165) is 29.9 Å². The van der Waals surface area contributed by atoms with Gasteiger partial charge in [-0.25, -0.2) is 4.98 Å². The Morgan fingerprint density at radius 2 is 2.30 bits per heavy atom. The summed E-state index contributed by atoms with van der Waals surface area (Å²) in [6.07, 6.45) is 1.95. The fraction of sp³-hybridized carbons (Fsp3) is 0.286. The molecule has 0 atom stereocenters. The third-order valence-corrected chi connectivity index (χ3v) is 4.08. The second-order valence-electron chi connectivity index (χ2n) is 4.82. The smallest absolute Gasteiger partial charge is 0.0966 e. The molecule has 0 saturated heterocycles. The molecule has 0 fully saturated rings. The average Bonchev–Trinajstić information content (AvgIpc) is 3.06. The Morgan fingerprint density at radius 3 is 3.15 bits per heavy atom. The van der Waals surface area contributed by atoms with Crippen LogP contribution in [-0.2, 0) is 6.54 Å². The maximum absolute atomic E-state index is 5.59. The van der Waals surface area contributed by atoms with Gasteiger partial charge < -0.3 is 10.6 Å². The number of rotatable bonds is 5. The van der Waals surface area contributed by atoms with Gasteiger partial charge in [-0.2, -0.15) is 5.10 Å². The minimum atomic E-state index is 0.661. The Morgan fingerprint density at radius 1 is 1.40 bits per heavy atom. The van der Waals surface area contributed by atoms with Crippen LogP contribution in [0.3, 0.4) is 0 Å². The standard InChI is InChI=1S/C14H17N5S/c1-19(5-4-15)8-11-7-17-18-14(11)10-2-3-13-12(6-10)16-9-20-13/h2-3,6-7,9H,4-5,8,15H2,1H3,(H,17,18). The monoisotopic (exact) mass is 287 g/mol. The van der Waals surface area contributed by atoms with Crippen LogP contribution < -0.4 is 5.73 Å². The lowest BCUT2D eigenvalue weighted by molar-refractivity contribution is 0.337. The molecule has 0 aliphatic rings. The number of thiazole rings is 1. The maximum atomic E-state index is 5.59. The molecule has 5 nitrogen and oxygen atoms in total. The number of nitrogens with zero attached hydrogens (tertiary/aromatic N) is 3. The number of nitrogens with one attached hydrogen (secondary N) is 1. The van der Waals surface area contributed by atoms with Crippen LogP contribution in [0.1, 0.15) is 5.56 Å². The van der Waals surface area contributed by atoms with E-state index in [0.29, 0.717) is 6.54 Å². The maximum Gasteiger partial charge on any atom is 0.0966 e. The molecule has 0 aliphatic carbocycles. The number of hydrogen-bond acceptors (Lipinski definition) is 5. The highest BCUT2D eigenvalue weighted by Gasteiger charge is 2.11. The van der Waals surface area contributed by atoms with E-state index in [1.54, 1.807) is 11.3 Å². The first kappa shape index (κ1) is 13.2. The Labute approximate surface area is 121 Å². The van der Waals surface area contributed by atoms with Crippen LogP contribution in [0, 0.1) is 0 Å². The van der Waals surface area contributed by atoms with Crippen molar-refractivity contribution in [2.75, 3.05) is 20.1 Å². The topological polar surface area (TPSA) is 70.8 Å². The van der Waals surface area contributed by atoms with Gasteiger partial charge in [0.1, 0.15) is 0 Å². The average molecular weight is 287 g/mol. The van der Waals surface area contributed by atoms with E-state index in [1.165, 1.54) is 10.3 Å². The van der Waals surface area contributed by atoms with Gasteiger partial charge >= 0.3 is 0 Å². The van der Waals surface area contributed by atoms with Crippen LogP contribution in [0.15, 0.2) is 29.9 Å². The van der Waals surface area contributed by atoms with E-state index in [1.807, 2.05) is 11.7 Å². The van der Waals surface area contributed by atoms with Crippen LogP contribution in [0.2, 0.25) is 0 Å². The van der Waals surface area contributed by atoms with Gasteiger partial charge in [-0.05, 0) is 19.2 Å². The number of likely N-dealkylation sites (N-methyl/N-ethyl adjacent to an activating group) is 1. The first-order valence-electron chi connectivity index (χ1n) is 6.53. The number of benzene rings is 1. The van der Waals surface area contributed by atoms with Gasteiger partial charge in [-0.3, -0.25) is 5.10 Å². The minimum absolute atomic E-state index is 0.661. The van der Waals surface area contributed by atoms with Gasteiger partial charge in [-0.1, -0.05) is 6.07 Å². The number of H-pyrrole nitrogens is 1. The van der Waals surface area contributed by atoms with Crippen molar-refractivity contribution in [1.29, 1.82) is 0 Å². The SMILES string of the molecule is CN(CCN)Cc1c[nH]nc1-c1ccc2scnc2c1. The fourth-order valence-corrected chi connectivity index (χ4v) is 2.94. The Hall–Kier alpha value is -1.76. The van der Waals surface area contributed by atoms with E-state index in [9.17, 15) is 0 Å². The summed E-state index contributed by atoms with van der Waals surface area (Å²) in [5.41, 5.74) is 11.7. The van der Waals surface area contributed by atoms with E-state index < -0.39 is 0 Å². The van der Waals surface area contributed by atoms with Gasteiger partial charge in [0.25, 0.3) is 0 Å². The van der Waals surface area contributed by atoms with Crippen molar-refractivity contribution in [1.82, 2.24) is 20.1 Å². The van der Waals surface area contributed by atoms with E-state index in [4.69, 9.17) is 5.73 Å². The molecule has 3 aromatic rings. The minimum Gasteiger partial charge on any atom is -0.329 e. The lowest BCUT2D eigenvalue weighted by atomic mass is 10.1. The Kier molecular flexibility index (Phi) is 3.77. The molecule has 2 heterocycles. The summed E-state index contributed by atoms with van der Waals surface area (Å²) < 4.78 is 1.20. The first-order chi connectivity index (χ1) is 9.78. The van der Waals surface area contributed by atoms with Gasteiger partial charge in [-0.15, -0.1) is 11.3 Å². The third-order valence-electron chi connectivity index (χ3n) is 3.27. The third kappa shape index (κ3) is 2.58. The summed E-state index contributed by atoms with van der Waals surface area (Å²) in [6.45, 7) is 2.36. The molecule has 0 aliphatic heterocycles. The van der Waals surface area contributed by atoms with E-state index in [-0.39, 0.29) is 0 Å². The van der Waals surface area contributed by atoms with Crippen molar-refractivity contribution in [3.05, 3.63) is 35.5 Å². The molecule has 1 aromatic carbocycles. The molecule has 2 aromatic heterocycles. The quantitative estimate of drug-likeness (QED) is 0.753. The molecular formula is C14H17N5S. The van der Waals surface area contributed by atoms with Crippen molar-refractivity contribution < 1.29 is 0 Å². The molecule has 3 N–H and O–H groups in total. The number of fused-ring (bicyclic) bond motifs is 1. The molecule has 0 spiro atoms. The van der Waals surface area contributed by atoms with E-state index >= 15 is 0 Å². The normalized spacial score (nSPS) is 11.6. The van der Waals surface area contributed by atoms with Crippen LogP contribution in [0.5, 0.6) is 0 Å². The lowest BCUT2D eigenvalue weighted by Gasteiger charge is -2.15. The van der Waals surface area contributed by atoms with Gasteiger partial charge in [0, 0.05) is 37.0 Å². The summed E-state index contributed by atoms with van der Waals surface area (Å²) in [5, 5.41) is 7.34. The van der Waals surface area contributed by atoms with Crippen LogP contribution >= 0.6 is 11.3 Å². The molecule has 0 unspecified atom stereocenters. The Balaban J connectivity index is 1.91. The van der Waals surface area contributed by atoms with Gasteiger partial charge in [0.2, 0.25) is 0 Å². The zero-order chi connectivity index (χ0) is 13.9. The largest absolute Gasteiger partial charge is 0.329 e. The molecule has 104 valence electrons. The zero-order valence-electron chi connectivity index (χ0n) is 11.3. The number of aromatic amines is 1.